The van der Waals surface area contributed by atoms with E-state index in [4.69, 9.17) is 10.5 Å². The molecule has 0 atom stereocenters. The summed E-state index contributed by atoms with van der Waals surface area (Å²) < 4.78 is 4.98. The highest BCUT2D eigenvalue weighted by Crippen LogP contribution is 2.31. The van der Waals surface area contributed by atoms with Crippen LogP contribution in [-0.4, -0.2) is 18.2 Å². The van der Waals surface area contributed by atoms with E-state index in [9.17, 15) is 5.11 Å². The van der Waals surface area contributed by atoms with Gasteiger partial charge in [0.2, 0.25) is 5.96 Å². The van der Waals surface area contributed by atoms with Crippen molar-refractivity contribution in [2.45, 2.75) is 0 Å². The molecule has 1 aliphatic heterocycles. The molecule has 1 aromatic rings. The van der Waals surface area contributed by atoms with E-state index in [1.54, 1.807) is 24.3 Å². The van der Waals surface area contributed by atoms with Crippen LogP contribution >= 0.6 is 0 Å². The molecule has 0 aliphatic carbocycles. The highest BCUT2D eigenvalue weighted by atomic mass is 16.5. The second-order valence-corrected chi connectivity index (χ2v) is 3.07. The zero-order valence-electron chi connectivity index (χ0n) is 8.58. The lowest BCUT2D eigenvalue weighted by atomic mass is 10.2. The minimum Gasteiger partial charge on any atom is -0.504 e. The first-order valence-electron chi connectivity index (χ1n) is 4.54. The monoisotopic (exact) mass is 218 g/mol. The van der Waals surface area contributed by atoms with Crippen molar-refractivity contribution in [1.29, 1.82) is 0 Å². The molecule has 0 fully saturated rings. The second kappa shape index (κ2) is 4.01. The van der Waals surface area contributed by atoms with Gasteiger partial charge in [0.25, 0.3) is 0 Å². The summed E-state index contributed by atoms with van der Waals surface area (Å²) in [4.78, 5) is 3.85. The van der Waals surface area contributed by atoms with Crippen molar-refractivity contribution >= 4 is 12.0 Å². The first-order valence-corrected chi connectivity index (χ1v) is 4.54. The summed E-state index contributed by atoms with van der Waals surface area (Å²) in [5.41, 5.74) is 5.88. The van der Waals surface area contributed by atoms with Gasteiger partial charge in [0.05, 0.1) is 7.11 Å². The number of guanidine groups is 1. The first kappa shape index (κ1) is 10.2. The third-order valence-electron chi connectivity index (χ3n) is 2.02. The Morgan fingerprint density at radius 3 is 2.81 bits per heavy atom. The molecule has 1 aliphatic rings. The Hall–Kier alpha value is -2.37. The van der Waals surface area contributed by atoms with Gasteiger partial charge in [-0.1, -0.05) is 12.1 Å². The molecule has 6 nitrogen and oxygen atoms in total. The summed E-state index contributed by atoms with van der Waals surface area (Å²) in [6.07, 6.45) is 1.57. The number of phenolic OH excluding ortho intramolecular Hbond substituents is 1. The van der Waals surface area contributed by atoms with Crippen LogP contribution in [0.15, 0.2) is 39.2 Å². The lowest BCUT2D eigenvalue weighted by Gasteiger charge is -2.04. The van der Waals surface area contributed by atoms with Crippen LogP contribution in [0.4, 0.5) is 0 Å². The van der Waals surface area contributed by atoms with E-state index in [2.05, 4.69) is 15.2 Å². The zero-order chi connectivity index (χ0) is 11.5. The molecule has 0 radical (unpaired) electrons. The van der Waals surface area contributed by atoms with Crippen molar-refractivity contribution in [3.05, 3.63) is 29.6 Å². The summed E-state index contributed by atoms with van der Waals surface area (Å²) in [5, 5.41) is 17.1. The van der Waals surface area contributed by atoms with Crippen LogP contribution in [0.5, 0.6) is 11.5 Å². The quantitative estimate of drug-likeness (QED) is 0.787. The van der Waals surface area contributed by atoms with Crippen LogP contribution in [0.3, 0.4) is 0 Å². The Kier molecular flexibility index (Phi) is 2.55. The minimum atomic E-state index is 0.0355. The van der Waals surface area contributed by atoms with Crippen molar-refractivity contribution in [2.24, 2.45) is 21.0 Å². The Morgan fingerprint density at radius 2 is 2.19 bits per heavy atom. The van der Waals surface area contributed by atoms with Gasteiger partial charge in [-0.15, -0.1) is 10.2 Å². The number of azo groups is 1. The van der Waals surface area contributed by atoms with Crippen LogP contribution in [0, 0.1) is 0 Å². The van der Waals surface area contributed by atoms with E-state index in [-0.39, 0.29) is 11.7 Å². The van der Waals surface area contributed by atoms with Crippen molar-refractivity contribution in [3.63, 3.8) is 0 Å². The average Bonchev–Trinajstić information content (AvgIpc) is 2.67. The van der Waals surface area contributed by atoms with Crippen LogP contribution in [0.2, 0.25) is 0 Å². The number of aromatic hydroxyl groups is 1. The maximum atomic E-state index is 9.79. The van der Waals surface area contributed by atoms with Crippen molar-refractivity contribution < 1.29 is 9.84 Å². The van der Waals surface area contributed by atoms with Crippen molar-refractivity contribution in [1.82, 2.24) is 0 Å². The number of aliphatic imine (C=N–C) groups is 1. The van der Waals surface area contributed by atoms with E-state index in [0.29, 0.717) is 17.1 Å². The Morgan fingerprint density at radius 1 is 1.38 bits per heavy atom. The van der Waals surface area contributed by atoms with Gasteiger partial charge in [-0.3, -0.25) is 0 Å². The van der Waals surface area contributed by atoms with Gasteiger partial charge >= 0.3 is 0 Å². The molecule has 0 aromatic heterocycles. The molecular weight excluding hydrogens is 208 g/mol. The molecule has 0 unspecified atom stereocenters. The average molecular weight is 218 g/mol. The van der Waals surface area contributed by atoms with Crippen LogP contribution in [-0.2, 0) is 0 Å². The number of hydrogen-bond donors (Lipinski definition) is 2. The molecule has 1 aromatic carbocycles. The SMILES string of the molecule is COc1cccc(C=C2N=NC(N)=N2)c1O. The highest BCUT2D eigenvalue weighted by Gasteiger charge is 2.08. The molecule has 3 N–H and O–H groups in total. The standard InChI is InChI=1S/C10H10N4O2/c1-16-7-4-2-3-6(9(7)15)5-8-12-10(11)14-13-8/h2-5,15H,1H3,(H2,11,12). The van der Waals surface area contributed by atoms with Gasteiger partial charge in [-0.25, -0.2) is 0 Å². The number of para-hydroxylation sites is 1. The summed E-state index contributed by atoms with van der Waals surface area (Å²) >= 11 is 0. The minimum absolute atomic E-state index is 0.0355. The Labute approximate surface area is 91.8 Å². The van der Waals surface area contributed by atoms with Gasteiger partial charge in [-0.2, -0.15) is 4.99 Å². The number of rotatable bonds is 2. The van der Waals surface area contributed by atoms with E-state index in [1.165, 1.54) is 7.11 Å². The fourth-order valence-electron chi connectivity index (χ4n) is 1.29. The normalized spacial score (nSPS) is 16.6. The van der Waals surface area contributed by atoms with E-state index >= 15 is 0 Å². The third-order valence-corrected chi connectivity index (χ3v) is 2.02. The van der Waals surface area contributed by atoms with Gasteiger partial charge in [0.1, 0.15) is 0 Å². The number of benzene rings is 1. The van der Waals surface area contributed by atoms with Gasteiger partial charge in [0.15, 0.2) is 17.3 Å². The Bertz CT molecular complexity index is 506. The van der Waals surface area contributed by atoms with Crippen LogP contribution < -0.4 is 10.5 Å². The maximum absolute atomic E-state index is 9.79. The van der Waals surface area contributed by atoms with Crippen molar-refractivity contribution in [2.75, 3.05) is 7.11 Å². The molecule has 0 spiro atoms. The fourth-order valence-corrected chi connectivity index (χ4v) is 1.29. The fraction of sp³-hybridized carbons (Fsp3) is 0.100. The molecular formula is C10H10N4O2. The van der Waals surface area contributed by atoms with E-state index in [1.807, 2.05) is 0 Å². The lowest BCUT2D eigenvalue weighted by Crippen LogP contribution is -2.03. The van der Waals surface area contributed by atoms with Gasteiger partial charge < -0.3 is 15.6 Å². The topological polar surface area (TPSA) is 92.6 Å². The second-order valence-electron chi connectivity index (χ2n) is 3.07. The predicted molar refractivity (Wildman–Crippen MR) is 59.1 cm³/mol. The lowest BCUT2D eigenvalue weighted by molar-refractivity contribution is 0.373. The Balaban J connectivity index is 2.39. The molecule has 6 heteroatoms. The smallest absolute Gasteiger partial charge is 0.242 e. The summed E-state index contributed by atoms with van der Waals surface area (Å²) in [5.74, 6) is 0.879. The molecule has 16 heavy (non-hydrogen) atoms. The molecule has 0 saturated carbocycles. The van der Waals surface area contributed by atoms with E-state index in [0.717, 1.165) is 0 Å². The third kappa shape index (κ3) is 1.85. The molecule has 1 heterocycles. The number of hydrogen-bond acceptors (Lipinski definition) is 6. The first-order chi connectivity index (χ1) is 7.70. The number of nitrogens with two attached hydrogens (primary N) is 1. The number of methoxy groups -OCH3 is 1. The van der Waals surface area contributed by atoms with E-state index < -0.39 is 0 Å². The maximum Gasteiger partial charge on any atom is 0.242 e. The largest absolute Gasteiger partial charge is 0.504 e. The molecule has 0 bridgehead atoms. The van der Waals surface area contributed by atoms with Crippen molar-refractivity contribution in [3.8, 4) is 11.5 Å². The number of phenols is 1. The summed E-state index contributed by atoms with van der Waals surface area (Å²) in [7, 11) is 1.48. The van der Waals surface area contributed by atoms with Crippen LogP contribution in [0.1, 0.15) is 5.56 Å². The highest BCUT2D eigenvalue weighted by molar-refractivity contribution is 5.82. The molecule has 2 rings (SSSR count). The molecule has 82 valence electrons. The van der Waals surface area contributed by atoms with Gasteiger partial charge in [-0.05, 0) is 12.1 Å². The zero-order valence-corrected chi connectivity index (χ0v) is 8.58. The van der Waals surface area contributed by atoms with Crippen LogP contribution in [0.25, 0.3) is 6.08 Å². The summed E-state index contributed by atoms with van der Waals surface area (Å²) in [6.45, 7) is 0. The van der Waals surface area contributed by atoms with Gasteiger partial charge in [0, 0.05) is 5.56 Å². The number of nitrogens with zero attached hydrogens (tertiary/aromatic N) is 3. The summed E-state index contributed by atoms with van der Waals surface area (Å²) in [6, 6.07) is 5.12. The molecule has 0 saturated heterocycles. The number of ether oxygens (including phenoxy) is 1. The predicted octanol–water partition coefficient (Wildman–Crippen LogP) is 1.48. The molecule has 0 amide bonds.